The van der Waals surface area contributed by atoms with E-state index in [2.05, 4.69) is 10.3 Å². The number of rotatable bonds is 5. The molecule has 0 unspecified atom stereocenters. The summed E-state index contributed by atoms with van der Waals surface area (Å²) in [5, 5.41) is 2.90. The second-order valence-corrected chi connectivity index (χ2v) is 5.63. The highest BCUT2D eigenvalue weighted by atomic mass is 35.5. The number of carbonyl (C=O) groups excluding carboxylic acids is 1. The molecule has 1 heterocycles. The average molecular weight is 327 g/mol. The van der Waals surface area contributed by atoms with Crippen molar-refractivity contribution in [3.63, 3.8) is 0 Å². The second kappa shape index (κ2) is 6.14. The first-order valence-electron chi connectivity index (χ1n) is 6.86. The minimum atomic E-state index is -1.06. The van der Waals surface area contributed by atoms with Gasteiger partial charge in [-0.15, -0.1) is 0 Å². The van der Waals surface area contributed by atoms with Crippen LogP contribution >= 0.6 is 11.6 Å². The highest BCUT2D eigenvalue weighted by molar-refractivity contribution is 6.38. The molecule has 1 fully saturated rings. The Hall–Kier alpha value is -1.79. The molecule has 7 heteroatoms. The molecule has 116 valence electrons. The van der Waals surface area contributed by atoms with Gasteiger partial charge in [-0.1, -0.05) is 11.6 Å². The first-order chi connectivity index (χ1) is 10.6. The predicted molar refractivity (Wildman–Crippen MR) is 78.8 cm³/mol. The number of carbonyl (C=O) groups is 1. The van der Waals surface area contributed by atoms with Gasteiger partial charge in [-0.25, -0.2) is 8.78 Å². The summed E-state index contributed by atoms with van der Waals surface area (Å²) < 4.78 is 32.0. The fourth-order valence-corrected chi connectivity index (χ4v) is 2.30. The maximum Gasteiger partial charge on any atom is 0.250 e. The van der Waals surface area contributed by atoms with Crippen molar-refractivity contribution in [3.05, 3.63) is 35.0 Å². The predicted octanol–water partition coefficient (Wildman–Crippen LogP) is 3.53. The highest BCUT2D eigenvalue weighted by Crippen LogP contribution is 2.31. The van der Waals surface area contributed by atoms with E-state index in [9.17, 15) is 13.6 Å². The van der Waals surface area contributed by atoms with E-state index in [1.54, 1.807) is 0 Å². The lowest BCUT2D eigenvalue weighted by Gasteiger charge is -2.10. The Morgan fingerprint density at radius 1 is 1.41 bits per heavy atom. The van der Waals surface area contributed by atoms with Crippen LogP contribution < -0.4 is 5.32 Å². The minimum Gasteiger partial charge on any atom is -0.371 e. The molecule has 4 nitrogen and oxygen atoms in total. The van der Waals surface area contributed by atoms with E-state index >= 15 is 0 Å². The van der Waals surface area contributed by atoms with Crippen molar-refractivity contribution < 1.29 is 18.3 Å². The minimum absolute atomic E-state index is 0.0807. The fourth-order valence-electron chi connectivity index (χ4n) is 2.05. The van der Waals surface area contributed by atoms with Crippen LogP contribution in [0.25, 0.3) is 10.9 Å². The van der Waals surface area contributed by atoms with Gasteiger partial charge in [0.05, 0.1) is 23.5 Å². The van der Waals surface area contributed by atoms with E-state index in [1.165, 1.54) is 12.3 Å². The van der Waals surface area contributed by atoms with Gasteiger partial charge in [0.2, 0.25) is 5.91 Å². The van der Waals surface area contributed by atoms with E-state index in [4.69, 9.17) is 16.3 Å². The van der Waals surface area contributed by atoms with Gasteiger partial charge >= 0.3 is 0 Å². The number of pyridine rings is 1. The number of fused-ring (bicyclic) bond motifs is 1. The zero-order chi connectivity index (χ0) is 15.7. The summed E-state index contributed by atoms with van der Waals surface area (Å²) in [6.45, 7) is 0.490. The largest absolute Gasteiger partial charge is 0.371 e. The second-order valence-electron chi connectivity index (χ2n) is 5.25. The van der Waals surface area contributed by atoms with Gasteiger partial charge in [0.1, 0.15) is 12.1 Å². The van der Waals surface area contributed by atoms with Gasteiger partial charge in [0, 0.05) is 5.39 Å². The van der Waals surface area contributed by atoms with Crippen molar-refractivity contribution in [2.45, 2.75) is 12.8 Å². The van der Waals surface area contributed by atoms with Crippen LogP contribution in [-0.2, 0) is 9.53 Å². The number of halogens is 3. The van der Waals surface area contributed by atoms with Crippen molar-refractivity contribution >= 4 is 34.1 Å². The van der Waals surface area contributed by atoms with Crippen molar-refractivity contribution in [3.8, 4) is 0 Å². The molecule has 0 spiro atoms. The summed E-state index contributed by atoms with van der Waals surface area (Å²) in [6.07, 6.45) is 3.49. The third-order valence-electron chi connectivity index (χ3n) is 3.42. The van der Waals surface area contributed by atoms with Gasteiger partial charge in [-0.3, -0.25) is 9.78 Å². The number of nitrogens with zero attached hydrogens (tertiary/aromatic N) is 1. The maximum absolute atomic E-state index is 13.6. The summed E-state index contributed by atoms with van der Waals surface area (Å²) in [7, 11) is 0. The summed E-state index contributed by atoms with van der Waals surface area (Å²) in [5.41, 5.74) is 0.0631. The number of nitrogens with one attached hydrogen (secondary N) is 1. The molecule has 0 saturated heterocycles. The molecule has 0 atom stereocenters. The summed E-state index contributed by atoms with van der Waals surface area (Å²) >= 11 is 6.12. The van der Waals surface area contributed by atoms with Crippen LogP contribution in [0.3, 0.4) is 0 Å². The fraction of sp³-hybridized carbons (Fsp3) is 0.333. The SMILES string of the molecule is O=C(COCC1CC1)Nc1cnc2c(F)c(F)ccc2c1Cl. The van der Waals surface area contributed by atoms with E-state index in [0.29, 0.717) is 12.5 Å². The number of hydrogen-bond acceptors (Lipinski definition) is 3. The first-order valence-corrected chi connectivity index (χ1v) is 7.24. The molecule has 3 rings (SSSR count). The van der Waals surface area contributed by atoms with Crippen LogP contribution in [0.15, 0.2) is 18.3 Å². The standard InChI is InChI=1S/C15H13ClF2N2O2/c16-13-9-3-4-10(17)14(18)15(9)19-5-11(13)20-12(21)7-22-6-8-1-2-8/h3-5,8H,1-2,6-7H2,(H,20,21). The Morgan fingerprint density at radius 2 is 2.18 bits per heavy atom. The molecule has 1 amide bonds. The summed E-state index contributed by atoms with van der Waals surface area (Å²) in [5.74, 6) is -1.87. The van der Waals surface area contributed by atoms with E-state index < -0.39 is 11.6 Å². The number of hydrogen-bond donors (Lipinski definition) is 1. The molecule has 1 aromatic carbocycles. The van der Waals surface area contributed by atoms with Gasteiger partial charge < -0.3 is 10.1 Å². The molecule has 0 radical (unpaired) electrons. The molecule has 1 N–H and O–H groups in total. The zero-order valence-electron chi connectivity index (χ0n) is 11.5. The molecule has 1 aliphatic carbocycles. The van der Waals surface area contributed by atoms with Crippen molar-refractivity contribution in [2.75, 3.05) is 18.5 Å². The normalized spacial score (nSPS) is 14.3. The molecular formula is C15H13ClF2N2O2. The quantitative estimate of drug-likeness (QED) is 0.914. The zero-order valence-corrected chi connectivity index (χ0v) is 12.3. The van der Waals surface area contributed by atoms with E-state index in [0.717, 1.165) is 18.9 Å². The van der Waals surface area contributed by atoms with Crippen LogP contribution in [0.2, 0.25) is 5.02 Å². The summed E-state index contributed by atoms with van der Waals surface area (Å²) in [6, 6.07) is 2.29. The van der Waals surface area contributed by atoms with Crippen LogP contribution in [0.5, 0.6) is 0 Å². The van der Waals surface area contributed by atoms with Crippen LogP contribution in [0.1, 0.15) is 12.8 Å². The van der Waals surface area contributed by atoms with E-state index in [1.807, 2.05) is 0 Å². The van der Waals surface area contributed by atoms with Gasteiger partial charge in [0.15, 0.2) is 11.6 Å². The smallest absolute Gasteiger partial charge is 0.250 e. The molecule has 22 heavy (non-hydrogen) atoms. The monoisotopic (exact) mass is 326 g/mol. The Balaban J connectivity index is 1.74. The number of benzene rings is 1. The molecule has 1 aliphatic rings. The number of amides is 1. The summed E-state index contributed by atoms with van der Waals surface area (Å²) in [4.78, 5) is 15.6. The molecule has 1 aromatic heterocycles. The Kier molecular flexibility index (Phi) is 4.22. The lowest BCUT2D eigenvalue weighted by atomic mass is 10.2. The lowest BCUT2D eigenvalue weighted by molar-refractivity contribution is -0.120. The Morgan fingerprint density at radius 3 is 2.91 bits per heavy atom. The molecule has 0 aliphatic heterocycles. The molecular weight excluding hydrogens is 314 g/mol. The van der Waals surface area contributed by atoms with Crippen molar-refractivity contribution in [1.82, 2.24) is 4.98 Å². The Bertz CT molecular complexity index is 735. The number of anilines is 1. The third-order valence-corrected chi connectivity index (χ3v) is 3.83. The maximum atomic E-state index is 13.6. The van der Waals surface area contributed by atoms with Crippen molar-refractivity contribution in [1.29, 1.82) is 0 Å². The number of aromatic nitrogens is 1. The van der Waals surface area contributed by atoms with Gasteiger partial charge in [-0.2, -0.15) is 0 Å². The molecule has 0 bridgehead atoms. The topological polar surface area (TPSA) is 51.2 Å². The van der Waals surface area contributed by atoms with Gasteiger partial charge in [0.25, 0.3) is 0 Å². The van der Waals surface area contributed by atoms with Crippen LogP contribution in [-0.4, -0.2) is 24.1 Å². The lowest BCUT2D eigenvalue weighted by Crippen LogP contribution is -2.19. The van der Waals surface area contributed by atoms with Crippen LogP contribution in [0.4, 0.5) is 14.5 Å². The molecule has 1 saturated carbocycles. The highest BCUT2D eigenvalue weighted by Gasteiger charge is 2.21. The van der Waals surface area contributed by atoms with Crippen LogP contribution in [0, 0.1) is 17.6 Å². The van der Waals surface area contributed by atoms with Crippen molar-refractivity contribution in [2.24, 2.45) is 5.92 Å². The van der Waals surface area contributed by atoms with E-state index in [-0.39, 0.29) is 34.1 Å². The first kappa shape index (κ1) is 15.1. The third kappa shape index (κ3) is 3.18. The number of ether oxygens (including phenoxy) is 1. The molecule has 2 aromatic rings. The van der Waals surface area contributed by atoms with Gasteiger partial charge in [-0.05, 0) is 30.9 Å². The average Bonchev–Trinajstić information content (AvgIpc) is 3.30. The Labute approximate surface area is 130 Å².